The smallest absolute Gasteiger partial charge is 0.325 e. The van der Waals surface area contributed by atoms with Gasteiger partial charge >= 0.3 is 6.03 Å². The molecule has 7 nitrogen and oxygen atoms in total. The van der Waals surface area contributed by atoms with Crippen LogP contribution in [0.15, 0.2) is 54.6 Å². The second kappa shape index (κ2) is 9.53. The summed E-state index contributed by atoms with van der Waals surface area (Å²) in [6, 6.07) is 16.9. The molecule has 2 aromatic rings. The van der Waals surface area contributed by atoms with E-state index in [4.69, 9.17) is 4.74 Å². The standard InChI is InChI=1S/C25H29N3O4/c1-18(7-8-19-5-3-2-4-6-19)26-22(29)21-11-9-20(10-12-21)17-28-23(30)25(27-24(28)31)13-15-32-16-14-25/h2-6,9-12,18H,7-8,13-17H2,1H3,(H,26,29)(H,27,31). The van der Waals surface area contributed by atoms with Crippen LogP contribution in [0.2, 0.25) is 0 Å². The third-order valence-electron chi connectivity index (χ3n) is 6.24. The highest BCUT2D eigenvalue weighted by Crippen LogP contribution is 2.29. The Morgan fingerprint density at radius 2 is 1.75 bits per heavy atom. The zero-order valence-corrected chi connectivity index (χ0v) is 18.3. The molecule has 4 rings (SSSR count). The van der Waals surface area contributed by atoms with Crippen LogP contribution in [0.1, 0.15) is 47.7 Å². The molecule has 0 aromatic heterocycles. The molecular weight excluding hydrogens is 406 g/mol. The van der Waals surface area contributed by atoms with Crippen LogP contribution in [-0.2, 0) is 22.5 Å². The Balaban J connectivity index is 1.31. The molecule has 7 heteroatoms. The maximum absolute atomic E-state index is 12.9. The van der Waals surface area contributed by atoms with Crippen LogP contribution in [0.5, 0.6) is 0 Å². The summed E-state index contributed by atoms with van der Waals surface area (Å²) in [5.41, 5.74) is 1.77. The molecule has 1 atom stereocenters. The Morgan fingerprint density at radius 1 is 1.06 bits per heavy atom. The van der Waals surface area contributed by atoms with Gasteiger partial charge in [0.05, 0.1) is 6.54 Å². The van der Waals surface area contributed by atoms with Crippen molar-refractivity contribution in [3.05, 3.63) is 71.3 Å². The van der Waals surface area contributed by atoms with E-state index >= 15 is 0 Å². The number of rotatable bonds is 7. The van der Waals surface area contributed by atoms with Gasteiger partial charge in [0.15, 0.2) is 0 Å². The molecule has 2 aliphatic rings. The number of nitrogens with one attached hydrogen (secondary N) is 2. The summed E-state index contributed by atoms with van der Waals surface area (Å²) in [5, 5.41) is 5.89. The second-order valence-corrected chi connectivity index (χ2v) is 8.61. The van der Waals surface area contributed by atoms with Gasteiger partial charge in [-0.25, -0.2) is 4.79 Å². The minimum atomic E-state index is -0.828. The number of aryl methyl sites for hydroxylation is 1. The molecule has 0 aliphatic carbocycles. The number of benzene rings is 2. The number of imide groups is 1. The topological polar surface area (TPSA) is 87.7 Å². The van der Waals surface area contributed by atoms with Crippen LogP contribution in [0.3, 0.4) is 0 Å². The number of urea groups is 1. The van der Waals surface area contributed by atoms with E-state index in [-0.39, 0.29) is 30.4 Å². The van der Waals surface area contributed by atoms with Gasteiger partial charge in [0.25, 0.3) is 11.8 Å². The minimum absolute atomic E-state index is 0.0453. The maximum atomic E-state index is 12.9. The van der Waals surface area contributed by atoms with Gasteiger partial charge in [0, 0.05) is 37.7 Å². The van der Waals surface area contributed by atoms with Gasteiger partial charge in [0.2, 0.25) is 0 Å². The molecule has 1 unspecified atom stereocenters. The zero-order chi connectivity index (χ0) is 22.6. The highest BCUT2D eigenvalue weighted by atomic mass is 16.5. The number of carbonyl (C=O) groups is 3. The van der Waals surface area contributed by atoms with E-state index in [1.54, 1.807) is 24.3 Å². The molecule has 0 radical (unpaired) electrons. The summed E-state index contributed by atoms with van der Waals surface area (Å²) in [5.74, 6) is -0.326. The van der Waals surface area contributed by atoms with Crippen molar-refractivity contribution in [2.45, 2.75) is 50.7 Å². The van der Waals surface area contributed by atoms with Crippen molar-refractivity contribution in [2.75, 3.05) is 13.2 Å². The zero-order valence-electron chi connectivity index (χ0n) is 18.3. The third-order valence-corrected chi connectivity index (χ3v) is 6.24. The third kappa shape index (κ3) is 4.83. The summed E-state index contributed by atoms with van der Waals surface area (Å²) < 4.78 is 5.33. The lowest BCUT2D eigenvalue weighted by Crippen LogP contribution is -2.51. The monoisotopic (exact) mass is 435 g/mol. The quantitative estimate of drug-likeness (QED) is 0.655. The predicted molar refractivity (Wildman–Crippen MR) is 120 cm³/mol. The molecule has 1 spiro atoms. The molecule has 168 valence electrons. The molecule has 0 saturated carbocycles. The summed E-state index contributed by atoms with van der Waals surface area (Å²) in [7, 11) is 0. The molecule has 2 heterocycles. The Hall–Kier alpha value is -3.19. The number of amides is 4. The Labute approximate surface area is 188 Å². The Bertz CT molecular complexity index is 968. The second-order valence-electron chi connectivity index (χ2n) is 8.61. The van der Waals surface area contributed by atoms with E-state index in [1.807, 2.05) is 25.1 Å². The van der Waals surface area contributed by atoms with E-state index in [2.05, 4.69) is 22.8 Å². The van der Waals surface area contributed by atoms with Crippen LogP contribution in [0, 0.1) is 0 Å². The molecule has 2 N–H and O–H groups in total. The van der Waals surface area contributed by atoms with Crippen LogP contribution in [0.25, 0.3) is 0 Å². The van der Waals surface area contributed by atoms with Crippen molar-refractivity contribution >= 4 is 17.8 Å². The van der Waals surface area contributed by atoms with Gasteiger partial charge in [-0.2, -0.15) is 0 Å². The first-order chi connectivity index (χ1) is 15.5. The van der Waals surface area contributed by atoms with Crippen molar-refractivity contribution in [1.82, 2.24) is 15.5 Å². The highest BCUT2D eigenvalue weighted by Gasteiger charge is 2.51. The molecule has 4 amide bonds. The summed E-state index contributed by atoms with van der Waals surface area (Å²) in [6.07, 6.45) is 2.75. The van der Waals surface area contributed by atoms with E-state index in [0.717, 1.165) is 18.4 Å². The molecule has 32 heavy (non-hydrogen) atoms. The average Bonchev–Trinajstić information content (AvgIpc) is 3.03. The SMILES string of the molecule is CC(CCc1ccccc1)NC(=O)c1ccc(CN2C(=O)NC3(CCOCC3)C2=O)cc1. The molecule has 2 aromatic carbocycles. The van der Waals surface area contributed by atoms with Gasteiger partial charge in [-0.05, 0) is 43.0 Å². The van der Waals surface area contributed by atoms with Crippen molar-refractivity contribution in [1.29, 1.82) is 0 Å². The molecule has 2 aliphatic heterocycles. The number of nitrogens with zero attached hydrogens (tertiary/aromatic N) is 1. The Morgan fingerprint density at radius 3 is 2.44 bits per heavy atom. The lowest BCUT2D eigenvalue weighted by Gasteiger charge is -2.30. The fraction of sp³-hybridized carbons (Fsp3) is 0.400. The van der Waals surface area contributed by atoms with Gasteiger partial charge < -0.3 is 15.4 Å². The lowest BCUT2D eigenvalue weighted by atomic mass is 9.90. The first-order valence-electron chi connectivity index (χ1n) is 11.1. The van der Waals surface area contributed by atoms with Crippen molar-refractivity contribution in [3.63, 3.8) is 0 Å². The maximum Gasteiger partial charge on any atom is 0.325 e. The first kappa shape index (κ1) is 22.0. The van der Waals surface area contributed by atoms with Gasteiger partial charge in [-0.15, -0.1) is 0 Å². The van der Waals surface area contributed by atoms with Crippen LogP contribution < -0.4 is 10.6 Å². The fourth-order valence-electron chi connectivity index (χ4n) is 4.23. The molecule has 2 saturated heterocycles. The summed E-state index contributed by atoms with van der Waals surface area (Å²) in [6.45, 7) is 3.11. The lowest BCUT2D eigenvalue weighted by molar-refractivity contribution is -0.134. The molecule has 2 fully saturated rings. The average molecular weight is 436 g/mol. The largest absolute Gasteiger partial charge is 0.381 e. The number of hydrogen-bond donors (Lipinski definition) is 2. The van der Waals surface area contributed by atoms with E-state index in [1.165, 1.54) is 10.5 Å². The minimum Gasteiger partial charge on any atom is -0.381 e. The van der Waals surface area contributed by atoms with E-state index < -0.39 is 5.54 Å². The van der Waals surface area contributed by atoms with Crippen LogP contribution in [0.4, 0.5) is 4.79 Å². The normalized spacial score (nSPS) is 18.5. The molecular formula is C25H29N3O4. The van der Waals surface area contributed by atoms with Gasteiger partial charge in [0.1, 0.15) is 5.54 Å². The van der Waals surface area contributed by atoms with Crippen molar-refractivity contribution < 1.29 is 19.1 Å². The summed E-state index contributed by atoms with van der Waals surface area (Å²) >= 11 is 0. The highest BCUT2D eigenvalue weighted by molar-refractivity contribution is 6.07. The number of carbonyl (C=O) groups excluding carboxylic acids is 3. The number of ether oxygens (including phenoxy) is 1. The van der Waals surface area contributed by atoms with Gasteiger partial charge in [-0.3, -0.25) is 14.5 Å². The van der Waals surface area contributed by atoms with Crippen molar-refractivity contribution in [3.8, 4) is 0 Å². The first-order valence-corrected chi connectivity index (χ1v) is 11.1. The van der Waals surface area contributed by atoms with Crippen molar-refractivity contribution in [2.24, 2.45) is 0 Å². The number of hydrogen-bond acceptors (Lipinski definition) is 4. The fourth-order valence-corrected chi connectivity index (χ4v) is 4.23. The van der Waals surface area contributed by atoms with E-state index in [9.17, 15) is 14.4 Å². The van der Waals surface area contributed by atoms with Crippen LogP contribution >= 0.6 is 0 Å². The predicted octanol–water partition coefficient (Wildman–Crippen LogP) is 3.04. The van der Waals surface area contributed by atoms with Gasteiger partial charge in [-0.1, -0.05) is 42.5 Å². The summed E-state index contributed by atoms with van der Waals surface area (Å²) in [4.78, 5) is 39.1. The molecule has 0 bridgehead atoms. The van der Waals surface area contributed by atoms with E-state index in [0.29, 0.717) is 31.6 Å². The van der Waals surface area contributed by atoms with Crippen LogP contribution in [-0.4, -0.2) is 47.5 Å². The Kier molecular flexibility index (Phi) is 6.55.